The van der Waals surface area contributed by atoms with Crippen LogP contribution in [0.2, 0.25) is 0 Å². The number of fused-ring (bicyclic) bond motifs is 3. The molecule has 3 aliphatic rings. The van der Waals surface area contributed by atoms with Gasteiger partial charge in [-0.25, -0.2) is 28.9 Å². The molecule has 1 fully saturated rings. The number of aromatic nitrogens is 1. The summed E-state index contributed by atoms with van der Waals surface area (Å²) < 4.78 is 37.4. The van der Waals surface area contributed by atoms with E-state index in [0.29, 0.717) is 34.4 Å². The average molecular weight is 595 g/mol. The quantitative estimate of drug-likeness (QED) is 0.237. The topological polar surface area (TPSA) is 148 Å². The van der Waals surface area contributed by atoms with E-state index in [1.807, 2.05) is 10.6 Å². The number of anilines is 2. The highest BCUT2D eigenvalue weighted by Gasteiger charge is 2.32. The second kappa shape index (κ2) is 9.58. The number of sulfonamides is 1. The van der Waals surface area contributed by atoms with Gasteiger partial charge in [0, 0.05) is 33.6 Å². The van der Waals surface area contributed by atoms with E-state index in [0.717, 1.165) is 46.6 Å². The summed E-state index contributed by atoms with van der Waals surface area (Å²) in [6.45, 7) is 0. The lowest BCUT2D eigenvalue weighted by molar-refractivity contribution is 0.0694. The third-order valence-corrected chi connectivity index (χ3v) is 10.5. The third-order valence-electron chi connectivity index (χ3n) is 7.82. The van der Waals surface area contributed by atoms with Crippen molar-refractivity contribution >= 4 is 49.6 Å². The molecule has 3 heterocycles. The predicted molar refractivity (Wildman–Crippen MR) is 154 cm³/mol. The third kappa shape index (κ3) is 4.36. The lowest BCUT2D eigenvalue weighted by Gasteiger charge is -2.23. The Morgan fingerprint density at radius 2 is 1.95 bits per heavy atom. The van der Waals surface area contributed by atoms with Crippen LogP contribution in [0, 0.1) is 0 Å². The first kappa shape index (κ1) is 26.0. The number of aryl methyl sites for hydroxylation is 1. The monoisotopic (exact) mass is 594 g/mol. The highest BCUT2D eigenvalue weighted by Crippen LogP contribution is 2.46. The summed E-state index contributed by atoms with van der Waals surface area (Å²) in [6, 6.07) is 9.86. The molecule has 11 nitrogen and oxygen atoms in total. The number of carboxylic acid groups (broad SMARTS) is 1. The number of rotatable bonds is 7. The summed E-state index contributed by atoms with van der Waals surface area (Å²) >= 11 is 1.58. The molecule has 2 aromatic carbocycles. The van der Waals surface area contributed by atoms with Gasteiger partial charge < -0.3 is 14.4 Å². The van der Waals surface area contributed by atoms with E-state index in [1.54, 1.807) is 36.6 Å². The number of hydrogen-bond donors (Lipinski definition) is 4. The van der Waals surface area contributed by atoms with Crippen molar-refractivity contribution in [1.29, 1.82) is 0 Å². The molecule has 2 aromatic heterocycles. The predicted octanol–water partition coefficient (Wildman–Crippen LogP) is 4.81. The molecule has 0 amide bonds. The molecule has 1 saturated carbocycles. The number of hydrogen-bond acceptors (Lipinski definition) is 9. The second-order valence-corrected chi connectivity index (χ2v) is 13.3. The van der Waals surface area contributed by atoms with Crippen molar-refractivity contribution in [2.45, 2.75) is 49.1 Å². The van der Waals surface area contributed by atoms with Gasteiger partial charge in [-0.15, -0.1) is 11.3 Å². The van der Waals surface area contributed by atoms with Crippen LogP contribution < -0.4 is 25.8 Å². The lowest BCUT2D eigenvalue weighted by Crippen LogP contribution is -2.30. The molecule has 0 saturated heterocycles. The molecule has 4 N–H and O–H groups in total. The molecule has 4 aromatic rings. The van der Waals surface area contributed by atoms with Gasteiger partial charge in [0.05, 0.1) is 34.3 Å². The summed E-state index contributed by atoms with van der Waals surface area (Å²) in [5.41, 5.74) is 7.96. The summed E-state index contributed by atoms with van der Waals surface area (Å²) in [6.07, 6.45) is 5.53. The van der Waals surface area contributed by atoms with Gasteiger partial charge in [0.1, 0.15) is 5.56 Å². The van der Waals surface area contributed by atoms with Gasteiger partial charge in [0.15, 0.2) is 5.75 Å². The van der Waals surface area contributed by atoms with E-state index in [4.69, 9.17) is 9.68 Å². The number of ether oxygens (including phenoxy) is 1. The maximum absolute atomic E-state index is 13.4. The van der Waals surface area contributed by atoms with Gasteiger partial charge in [-0.2, -0.15) is 4.94 Å². The Labute approximate surface area is 238 Å². The van der Waals surface area contributed by atoms with Crippen LogP contribution in [0.1, 0.15) is 58.6 Å². The maximum atomic E-state index is 13.4. The number of nitrogens with zero attached hydrogens (tertiary/aromatic N) is 1. The fourth-order valence-corrected chi connectivity index (χ4v) is 8.24. The molecular formula is C28H26N4O7S2. The van der Waals surface area contributed by atoms with E-state index in [1.165, 1.54) is 18.3 Å². The van der Waals surface area contributed by atoms with Crippen molar-refractivity contribution in [3.05, 3.63) is 68.8 Å². The van der Waals surface area contributed by atoms with E-state index in [2.05, 4.69) is 15.7 Å². The molecule has 2 aliphatic carbocycles. The zero-order chi connectivity index (χ0) is 28.5. The summed E-state index contributed by atoms with van der Waals surface area (Å²) in [7, 11) is -2.28. The van der Waals surface area contributed by atoms with Crippen molar-refractivity contribution in [3.63, 3.8) is 0 Å². The first-order valence-corrected chi connectivity index (χ1v) is 15.5. The number of pyridine rings is 1. The Kier molecular flexibility index (Phi) is 6.08. The van der Waals surface area contributed by atoms with Gasteiger partial charge in [0.25, 0.3) is 0 Å². The van der Waals surface area contributed by atoms with Gasteiger partial charge in [-0.05, 0) is 74.1 Å². The molecule has 0 bridgehead atoms. The molecule has 212 valence electrons. The van der Waals surface area contributed by atoms with Crippen LogP contribution in [0.15, 0.2) is 52.3 Å². The Balaban J connectivity index is 1.29. The molecule has 1 atom stereocenters. The van der Waals surface area contributed by atoms with Crippen LogP contribution >= 0.6 is 11.3 Å². The fraction of sp³-hybridized carbons (Fsp3) is 0.286. The zero-order valence-electron chi connectivity index (χ0n) is 21.9. The SMILES string of the molecule is COc1c(-c2cc3c(s2)CCCC3NS(=O)(=O)c2ccc3c(c2)NON3)ccc2c(=O)c(C(=O)O)cn(C3CC3)c12. The van der Waals surface area contributed by atoms with Crippen LogP contribution in [0.5, 0.6) is 5.75 Å². The molecule has 7 rings (SSSR count). The van der Waals surface area contributed by atoms with E-state index >= 15 is 0 Å². The number of nitrogens with one attached hydrogen (secondary N) is 3. The zero-order valence-corrected chi connectivity index (χ0v) is 23.5. The van der Waals surface area contributed by atoms with Crippen LogP contribution in [-0.2, 0) is 21.4 Å². The second-order valence-electron chi connectivity index (χ2n) is 10.4. The van der Waals surface area contributed by atoms with E-state index < -0.39 is 27.5 Å². The minimum atomic E-state index is -3.82. The fourth-order valence-electron chi connectivity index (χ4n) is 5.68. The first-order chi connectivity index (χ1) is 19.7. The van der Waals surface area contributed by atoms with E-state index in [9.17, 15) is 23.1 Å². The standard InChI is InChI=1S/C28H26N4O7S2/c1-38-27-16(8-9-17-25(27)32(14-5-6-14)13-19(26(17)33)28(34)35)24-12-18-20(3-2-4-23(18)40-24)31-41(36,37)15-7-10-21-22(11-15)30-39-29-21/h7-14,20,29-31H,2-6H2,1H3,(H,34,35). The number of carboxylic acids is 1. The molecule has 0 spiro atoms. The van der Waals surface area contributed by atoms with Gasteiger partial charge in [-0.3, -0.25) is 4.79 Å². The van der Waals surface area contributed by atoms with Crippen LogP contribution in [0.3, 0.4) is 0 Å². The van der Waals surface area contributed by atoms with Gasteiger partial charge in [0.2, 0.25) is 15.5 Å². The summed E-state index contributed by atoms with van der Waals surface area (Å²) in [5, 5.41) is 9.92. The normalized spacial score (nSPS) is 17.9. The lowest BCUT2D eigenvalue weighted by atomic mass is 9.94. The number of thiophene rings is 1. The Bertz CT molecular complexity index is 1910. The largest absolute Gasteiger partial charge is 0.494 e. The number of methoxy groups -OCH3 is 1. The van der Waals surface area contributed by atoms with Gasteiger partial charge >= 0.3 is 5.97 Å². The average Bonchev–Trinajstić information content (AvgIpc) is 3.52. The van der Waals surface area contributed by atoms with Crippen molar-refractivity contribution in [3.8, 4) is 16.2 Å². The maximum Gasteiger partial charge on any atom is 0.341 e. The van der Waals surface area contributed by atoms with Crippen LogP contribution in [0.25, 0.3) is 21.3 Å². The van der Waals surface area contributed by atoms with Gasteiger partial charge in [-0.1, -0.05) is 0 Å². The highest BCUT2D eigenvalue weighted by molar-refractivity contribution is 7.89. The Hall–Kier alpha value is -3.91. The first-order valence-electron chi connectivity index (χ1n) is 13.2. The van der Waals surface area contributed by atoms with Crippen molar-refractivity contribution in [2.24, 2.45) is 0 Å². The smallest absolute Gasteiger partial charge is 0.341 e. The molecule has 0 radical (unpaired) electrons. The Morgan fingerprint density at radius 1 is 1.15 bits per heavy atom. The molecule has 41 heavy (non-hydrogen) atoms. The van der Waals surface area contributed by atoms with E-state index in [-0.39, 0.29) is 16.5 Å². The van der Waals surface area contributed by atoms with Crippen molar-refractivity contribution in [2.75, 3.05) is 18.1 Å². The summed E-state index contributed by atoms with van der Waals surface area (Å²) in [5.74, 6) is -0.754. The van der Waals surface area contributed by atoms with Crippen LogP contribution in [-0.4, -0.2) is 31.2 Å². The minimum absolute atomic E-state index is 0.104. The Morgan fingerprint density at radius 3 is 2.71 bits per heavy atom. The number of aromatic carboxylic acids is 1. The number of benzene rings is 2. The minimum Gasteiger partial charge on any atom is -0.494 e. The van der Waals surface area contributed by atoms with Crippen molar-refractivity contribution in [1.82, 2.24) is 9.29 Å². The molecule has 1 unspecified atom stereocenters. The number of carbonyl (C=O) groups is 1. The summed E-state index contributed by atoms with van der Waals surface area (Å²) in [4.78, 5) is 31.9. The molecule has 1 aliphatic heterocycles. The molecule has 13 heteroatoms. The van der Waals surface area contributed by atoms with Crippen molar-refractivity contribution < 1.29 is 28.0 Å². The van der Waals surface area contributed by atoms with Crippen LogP contribution in [0.4, 0.5) is 11.4 Å². The highest BCUT2D eigenvalue weighted by atomic mass is 32.2. The molecular weight excluding hydrogens is 568 g/mol.